The highest BCUT2D eigenvalue weighted by Gasteiger charge is 2.42. The van der Waals surface area contributed by atoms with Crippen molar-refractivity contribution in [1.29, 1.82) is 0 Å². The summed E-state index contributed by atoms with van der Waals surface area (Å²) in [5, 5.41) is 5.81. The molecule has 4 aromatic rings. The fourth-order valence-corrected chi connectivity index (χ4v) is 7.14. The number of nitrogens with one attached hydrogen (secondary N) is 2. The minimum Gasteiger partial charge on any atom is -0.383 e. The number of anilines is 2. The molecule has 13 heteroatoms. The number of carbonyl (C=O) groups is 2. The standard InChI is InChI=1S/C32H30ClN3O7S2/c1-44(39,40)36-20-22-12-6-9-15-28(22)34-19-29(36)31(43-45(2,41)42)30(37)26-17-16-23(18-27(26)33)35-32(38)25-14-8-7-13-24(25)21-10-4-3-5-11-21/h3-18,29,31,34H,19-20H2,1-2H3,(H,35,38)/t29-,31?/m0/s1. The molecular formula is C32H30ClN3O7S2. The van der Waals surface area contributed by atoms with Crippen molar-refractivity contribution < 1.29 is 30.6 Å². The van der Waals surface area contributed by atoms with Crippen LogP contribution in [0, 0.1) is 0 Å². The van der Waals surface area contributed by atoms with E-state index in [1.807, 2.05) is 42.5 Å². The van der Waals surface area contributed by atoms with Gasteiger partial charge in [-0.15, -0.1) is 0 Å². The van der Waals surface area contributed by atoms with Crippen molar-refractivity contribution >= 4 is 54.8 Å². The van der Waals surface area contributed by atoms with Crippen molar-refractivity contribution in [2.75, 3.05) is 29.7 Å². The first kappa shape index (κ1) is 32.3. The Kier molecular flexibility index (Phi) is 9.42. The van der Waals surface area contributed by atoms with Gasteiger partial charge in [0.1, 0.15) is 0 Å². The third kappa shape index (κ3) is 7.60. The van der Waals surface area contributed by atoms with E-state index in [0.717, 1.165) is 27.9 Å². The summed E-state index contributed by atoms with van der Waals surface area (Å²) in [4.78, 5) is 27.2. The number of Topliss-reactive ketones (excluding diaryl/α,β-unsaturated/α-hetero) is 1. The first-order chi connectivity index (χ1) is 21.3. The molecule has 2 N–H and O–H groups in total. The molecule has 1 aliphatic heterocycles. The fourth-order valence-electron chi connectivity index (χ4n) is 5.22. The molecule has 2 atom stereocenters. The smallest absolute Gasteiger partial charge is 0.265 e. The number of rotatable bonds is 9. The molecule has 5 rings (SSSR count). The van der Waals surface area contributed by atoms with Crippen molar-refractivity contribution in [2.24, 2.45) is 0 Å². The molecule has 0 fully saturated rings. The highest BCUT2D eigenvalue weighted by Crippen LogP contribution is 2.31. The molecular weight excluding hydrogens is 638 g/mol. The highest BCUT2D eigenvalue weighted by molar-refractivity contribution is 7.88. The van der Waals surface area contributed by atoms with E-state index in [0.29, 0.717) is 16.8 Å². The predicted octanol–water partition coefficient (Wildman–Crippen LogP) is 5.04. The van der Waals surface area contributed by atoms with Crippen molar-refractivity contribution in [1.82, 2.24) is 4.31 Å². The summed E-state index contributed by atoms with van der Waals surface area (Å²) >= 11 is 6.54. The Morgan fingerprint density at radius 1 is 0.889 bits per heavy atom. The highest BCUT2D eigenvalue weighted by atomic mass is 35.5. The molecule has 45 heavy (non-hydrogen) atoms. The molecule has 0 radical (unpaired) electrons. The van der Waals surface area contributed by atoms with Crippen molar-refractivity contribution in [3.8, 4) is 11.1 Å². The van der Waals surface area contributed by atoms with Crippen LogP contribution in [0.5, 0.6) is 0 Å². The second-order valence-corrected chi connectivity index (χ2v) is 14.5. The van der Waals surface area contributed by atoms with Crippen LogP contribution in [0.3, 0.4) is 0 Å². The summed E-state index contributed by atoms with van der Waals surface area (Å²) in [6.07, 6.45) is -0.00642. The van der Waals surface area contributed by atoms with E-state index in [1.54, 1.807) is 36.4 Å². The van der Waals surface area contributed by atoms with Crippen molar-refractivity contribution in [3.05, 3.63) is 119 Å². The van der Waals surface area contributed by atoms with E-state index < -0.39 is 44.0 Å². The van der Waals surface area contributed by atoms with E-state index >= 15 is 0 Å². The molecule has 0 spiro atoms. The monoisotopic (exact) mass is 667 g/mol. The zero-order chi connectivity index (χ0) is 32.4. The van der Waals surface area contributed by atoms with Crippen LogP contribution in [0.25, 0.3) is 11.1 Å². The Bertz CT molecular complexity index is 1970. The lowest BCUT2D eigenvalue weighted by atomic mass is 9.98. The number of halogens is 1. The number of sulfonamides is 1. The summed E-state index contributed by atoms with van der Waals surface area (Å²) in [5.41, 5.74) is 3.47. The molecule has 10 nitrogen and oxygen atoms in total. The van der Waals surface area contributed by atoms with Gasteiger partial charge in [-0.3, -0.25) is 13.8 Å². The first-order valence-corrected chi connectivity index (χ1v) is 17.8. The second-order valence-electron chi connectivity index (χ2n) is 10.6. The molecule has 234 valence electrons. The number of ketones is 1. The van der Waals surface area contributed by atoms with Gasteiger partial charge in [-0.2, -0.15) is 12.7 Å². The van der Waals surface area contributed by atoms with Gasteiger partial charge in [0.05, 0.1) is 23.6 Å². The minimum atomic E-state index is -4.24. The van der Waals surface area contributed by atoms with E-state index in [1.165, 1.54) is 18.2 Å². The summed E-state index contributed by atoms with van der Waals surface area (Å²) in [5.74, 6) is -1.25. The third-order valence-corrected chi connectivity index (χ3v) is 9.40. The molecule has 1 heterocycles. The zero-order valence-corrected chi connectivity index (χ0v) is 26.7. The average molecular weight is 668 g/mol. The summed E-state index contributed by atoms with van der Waals surface area (Å²) < 4.78 is 57.0. The van der Waals surface area contributed by atoms with Crippen molar-refractivity contribution in [3.63, 3.8) is 0 Å². The number of amides is 1. The SMILES string of the molecule is CS(=O)(=O)OC(C(=O)c1ccc(NC(=O)c2ccccc2-c2ccccc2)cc1Cl)[C@@H]1CNc2ccccc2CN1S(C)(=O)=O. The van der Waals surface area contributed by atoms with E-state index in [9.17, 15) is 26.4 Å². The number of hydrogen-bond donors (Lipinski definition) is 2. The maximum absolute atomic E-state index is 13.9. The first-order valence-electron chi connectivity index (χ1n) is 13.8. The van der Waals surface area contributed by atoms with Gasteiger partial charge in [0.2, 0.25) is 10.0 Å². The quantitative estimate of drug-likeness (QED) is 0.187. The second kappa shape index (κ2) is 13.1. The lowest BCUT2D eigenvalue weighted by molar-refractivity contribution is 0.0669. The molecule has 0 saturated heterocycles. The van der Waals surface area contributed by atoms with Gasteiger partial charge in [-0.25, -0.2) is 8.42 Å². The van der Waals surface area contributed by atoms with E-state index in [-0.39, 0.29) is 29.4 Å². The third-order valence-electron chi connectivity index (χ3n) is 7.28. The molecule has 0 aliphatic carbocycles. The Balaban J connectivity index is 1.45. The lowest BCUT2D eigenvalue weighted by Crippen LogP contribution is -2.53. The van der Waals surface area contributed by atoms with Crippen LogP contribution in [0.1, 0.15) is 26.3 Å². The summed E-state index contributed by atoms with van der Waals surface area (Å²) in [6, 6.07) is 26.4. The summed E-state index contributed by atoms with van der Waals surface area (Å²) in [6.45, 7) is -0.241. The number of benzene rings is 4. The van der Waals surface area contributed by atoms with Crippen LogP contribution in [-0.2, 0) is 30.9 Å². The average Bonchev–Trinajstić information content (AvgIpc) is 3.20. The topological polar surface area (TPSA) is 139 Å². The number of para-hydroxylation sites is 1. The van der Waals surface area contributed by atoms with E-state index in [4.69, 9.17) is 15.8 Å². The lowest BCUT2D eigenvalue weighted by Gasteiger charge is -2.32. The van der Waals surface area contributed by atoms with Gasteiger partial charge in [0.15, 0.2) is 11.9 Å². The Labute approximate surface area is 267 Å². The zero-order valence-electron chi connectivity index (χ0n) is 24.3. The summed E-state index contributed by atoms with van der Waals surface area (Å²) in [7, 11) is -8.19. The molecule has 0 aromatic heterocycles. The maximum Gasteiger partial charge on any atom is 0.265 e. The molecule has 4 aromatic carbocycles. The number of carbonyl (C=O) groups excluding carboxylic acids is 2. The van der Waals surface area contributed by atoms with Gasteiger partial charge in [-0.1, -0.05) is 78.3 Å². The maximum atomic E-state index is 13.9. The molecule has 1 unspecified atom stereocenters. The Morgan fingerprint density at radius 2 is 1.56 bits per heavy atom. The Morgan fingerprint density at radius 3 is 2.24 bits per heavy atom. The normalized spacial score (nSPS) is 16.1. The van der Waals surface area contributed by atoms with Gasteiger partial charge in [0, 0.05) is 35.6 Å². The van der Waals surface area contributed by atoms with Crippen molar-refractivity contribution in [2.45, 2.75) is 18.7 Å². The van der Waals surface area contributed by atoms with Crippen LogP contribution < -0.4 is 10.6 Å². The van der Waals surface area contributed by atoms with Crippen LogP contribution in [0.4, 0.5) is 11.4 Å². The van der Waals surface area contributed by atoms with E-state index in [2.05, 4.69) is 10.6 Å². The van der Waals surface area contributed by atoms with Crippen LogP contribution in [0.15, 0.2) is 97.1 Å². The minimum absolute atomic E-state index is 0.0907. The molecule has 0 bridgehead atoms. The van der Waals surface area contributed by atoms with Gasteiger partial charge < -0.3 is 10.6 Å². The Hall–Kier alpha value is -4.07. The van der Waals surface area contributed by atoms with Gasteiger partial charge >= 0.3 is 0 Å². The van der Waals surface area contributed by atoms with Crippen LogP contribution in [0.2, 0.25) is 5.02 Å². The molecule has 1 amide bonds. The van der Waals surface area contributed by atoms with Crippen LogP contribution >= 0.6 is 11.6 Å². The number of hydrogen-bond acceptors (Lipinski definition) is 8. The molecule has 1 aliphatic rings. The number of fused-ring (bicyclic) bond motifs is 1. The predicted molar refractivity (Wildman–Crippen MR) is 174 cm³/mol. The van der Waals surface area contributed by atoms with Gasteiger partial charge in [0.25, 0.3) is 16.0 Å². The van der Waals surface area contributed by atoms with Gasteiger partial charge in [-0.05, 0) is 47.0 Å². The molecule has 0 saturated carbocycles. The van der Waals surface area contributed by atoms with Crippen LogP contribution in [-0.4, -0.2) is 64.0 Å². The fraction of sp³-hybridized carbons (Fsp3) is 0.188. The largest absolute Gasteiger partial charge is 0.383 e. The number of nitrogens with zero attached hydrogens (tertiary/aromatic N) is 1.